The van der Waals surface area contributed by atoms with Crippen molar-refractivity contribution in [1.29, 1.82) is 0 Å². The van der Waals surface area contributed by atoms with Crippen molar-refractivity contribution < 1.29 is 17.7 Å². The highest BCUT2D eigenvalue weighted by Crippen LogP contribution is 2.27. The SMILES string of the molecule is CCCCCCCCCc1cc(CCCCCCCCC)cc(OC(C)(C)S(=O)(=O)O)c1. The summed E-state index contributed by atoms with van der Waals surface area (Å²) < 4.78 is 38.7. The van der Waals surface area contributed by atoms with Crippen molar-refractivity contribution in [3.8, 4) is 5.75 Å². The highest BCUT2D eigenvalue weighted by Gasteiger charge is 2.35. The number of benzene rings is 1. The third kappa shape index (κ3) is 12.2. The van der Waals surface area contributed by atoms with Gasteiger partial charge in [0.25, 0.3) is 0 Å². The van der Waals surface area contributed by atoms with E-state index in [2.05, 4.69) is 19.9 Å². The Morgan fingerprint density at radius 1 is 0.688 bits per heavy atom. The van der Waals surface area contributed by atoms with Gasteiger partial charge < -0.3 is 4.74 Å². The Morgan fingerprint density at radius 2 is 1.06 bits per heavy atom. The molecule has 0 atom stereocenters. The lowest BCUT2D eigenvalue weighted by Gasteiger charge is -2.24. The summed E-state index contributed by atoms with van der Waals surface area (Å²) >= 11 is 0. The monoisotopic (exact) mass is 468 g/mol. The van der Waals surface area contributed by atoms with Crippen molar-refractivity contribution in [2.45, 2.75) is 135 Å². The number of aryl methyl sites for hydroxylation is 2. The third-order valence-corrected chi connectivity index (χ3v) is 7.47. The van der Waals surface area contributed by atoms with Gasteiger partial charge in [0.2, 0.25) is 4.93 Å². The fraction of sp³-hybridized carbons (Fsp3) is 0.778. The minimum atomic E-state index is -4.31. The van der Waals surface area contributed by atoms with Crippen molar-refractivity contribution in [3.63, 3.8) is 0 Å². The topological polar surface area (TPSA) is 63.6 Å². The Kier molecular flexibility index (Phi) is 14.2. The van der Waals surface area contributed by atoms with E-state index in [-0.39, 0.29) is 0 Å². The van der Waals surface area contributed by atoms with E-state index in [0.717, 1.165) is 25.7 Å². The fourth-order valence-electron chi connectivity index (χ4n) is 3.99. The molecular weight excluding hydrogens is 420 g/mol. The van der Waals surface area contributed by atoms with E-state index in [1.54, 1.807) is 0 Å². The molecule has 0 heterocycles. The van der Waals surface area contributed by atoms with Crippen LogP contribution in [0.4, 0.5) is 0 Å². The van der Waals surface area contributed by atoms with E-state index in [1.165, 1.54) is 102 Å². The minimum Gasteiger partial charge on any atom is -0.469 e. The van der Waals surface area contributed by atoms with Crippen molar-refractivity contribution in [3.05, 3.63) is 29.3 Å². The molecule has 0 saturated carbocycles. The second kappa shape index (κ2) is 15.7. The molecule has 0 bridgehead atoms. The maximum atomic E-state index is 11.7. The molecular formula is C27H48O4S. The smallest absolute Gasteiger partial charge is 0.305 e. The quantitative estimate of drug-likeness (QED) is 0.164. The van der Waals surface area contributed by atoms with Gasteiger partial charge in [0.05, 0.1) is 0 Å². The molecule has 1 rings (SSSR count). The fourth-order valence-corrected chi connectivity index (χ4v) is 4.19. The van der Waals surface area contributed by atoms with E-state index in [0.29, 0.717) is 5.75 Å². The van der Waals surface area contributed by atoms with Gasteiger partial charge in [-0.1, -0.05) is 97.0 Å². The largest absolute Gasteiger partial charge is 0.469 e. The molecule has 1 aromatic carbocycles. The predicted molar refractivity (Wildman–Crippen MR) is 136 cm³/mol. The van der Waals surface area contributed by atoms with Crippen LogP contribution in [-0.4, -0.2) is 17.9 Å². The van der Waals surface area contributed by atoms with Gasteiger partial charge in [-0.05, 0) is 62.8 Å². The number of ether oxygens (including phenoxy) is 1. The average molecular weight is 469 g/mol. The van der Waals surface area contributed by atoms with Crippen LogP contribution in [0.5, 0.6) is 5.75 Å². The number of unbranched alkanes of at least 4 members (excludes halogenated alkanes) is 12. The van der Waals surface area contributed by atoms with Gasteiger partial charge in [0.1, 0.15) is 5.75 Å². The van der Waals surface area contributed by atoms with Crippen LogP contribution in [0.25, 0.3) is 0 Å². The highest BCUT2D eigenvalue weighted by atomic mass is 32.2. The number of hydrogen-bond donors (Lipinski definition) is 1. The molecule has 186 valence electrons. The Balaban J connectivity index is 2.70. The Hall–Kier alpha value is -1.07. The summed E-state index contributed by atoms with van der Waals surface area (Å²) in [6.07, 6.45) is 19.7. The summed E-state index contributed by atoms with van der Waals surface area (Å²) in [6, 6.07) is 6.14. The Labute approximate surface area is 198 Å². The first-order valence-electron chi connectivity index (χ1n) is 13.0. The molecule has 0 aliphatic heterocycles. The van der Waals surface area contributed by atoms with Crippen molar-refractivity contribution in [2.24, 2.45) is 0 Å². The molecule has 1 N–H and O–H groups in total. The van der Waals surface area contributed by atoms with Gasteiger partial charge >= 0.3 is 10.1 Å². The molecule has 0 saturated heterocycles. The number of hydrogen-bond acceptors (Lipinski definition) is 3. The first kappa shape index (κ1) is 29.0. The molecule has 0 fully saturated rings. The van der Waals surface area contributed by atoms with Gasteiger partial charge in [-0.15, -0.1) is 0 Å². The molecule has 0 spiro atoms. The predicted octanol–water partition coefficient (Wildman–Crippen LogP) is 8.28. The zero-order chi connectivity index (χ0) is 23.9. The lowest BCUT2D eigenvalue weighted by Crippen LogP contribution is -2.37. The normalized spacial score (nSPS) is 12.3. The summed E-state index contributed by atoms with van der Waals surface area (Å²) in [4.78, 5) is -1.67. The van der Waals surface area contributed by atoms with E-state index in [1.807, 2.05) is 12.1 Å². The zero-order valence-corrected chi connectivity index (χ0v) is 21.9. The summed E-state index contributed by atoms with van der Waals surface area (Å²) in [5.74, 6) is 0.533. The van der Waals surface area contributed by atoms with Gasteiger partial charge in [-0.25, -0.2) is 0 Å². The molecule has 0 aliphatic carbocycles. The van der Waals surface area contributed by atoms with E-state index in [4.69, 9.17) is 4.74 Å². The van der Waals surface area contributed by atoms with Crippen LogP contribution in [0.3, 0.4) is 0 Å². The Bertz CT molecular complexity index is 689. The van der Waals surface area contributed by atoms with Gasteiger partial charge in [-0.3, -0.25) is 4.55 Å². The van der Waals surface area contributed by atoms with Gasteiger partial charge in [0, 0.05) is 0 Å². The maximum Gasteiger partial charge on any atom is 0.305 e. The zero-order valence-electron chi connectivity index (χ0n) is 21.1. The van der Waals surface area contributed by atoms with Crippen LogP contribution in [0.15, 0.2) is 18.2 Å². The summed E-state index contributed by atoms with van der Waals surface area (Å²) in [7, 11) is -4.31. The van der Waals surface area contributed by atoms with E-state index >= 15 is 0 Å². The molecule has 0 radical (unpaired) electrons. The van der Waals surface area contributed by atoms with Crippen LogP contribution in [0.1, 0.15) is 129 Å². The maximum absolute atomic E-state index is 11.7. The Morgan fingerprint density at radius 3 is 1.44 bits per heavy atom. The molecule has 32 heavy (non-hydrogen) atoms. The summed E-state index contributed by atoms with van der Waals surface area (Å²) in [5.41, 5.74) is 2.39. The lowest BCUT2D eigenvalue weighted by atomic mass is 9.99. The van der Waals surface area contributed by atoms with Crippen LogP contribution in [0, 0.1) is 0 Å². The van der Waals surface area contributed by atoms with Crippen molar-refractivity contribution >= 4 is 10.1 Å². The second-order valence-corrected chi connectivity index (χ2v) is 11.6. The van der Waals surface area contributed by atoms with E-state index < -0.39 is 15.1 Å². The molecule has 1 aromatic rings. The molecule has 4 nitrogen and oxygen atoms in total. The highest BCUT2D eigenvalue weighted by molar-refractivity contribution is 7.87. The van der Waals surface area contributed by atoms with Crippen LogP contribution < -0.4 is 4.74 Å². The van der Waals surface area contributed by atoms with Gasteiger partial charge in [0.15, 0.2) is 0 Å². The lowest BCUT2D eigenvalue weighted by molar-refractivity contribution is 0.178. The van der Waals surface area contributed by atoms with Crippen LogP contribution >= 0.6 is 0 Å². The van der Waals surface area contributed by atoms with Crippen LogP contribution in [-0.2, 0) is 23.0 Å². The first-order chi connectivity index (χ1) is 15.2. The van der Waals surface area contributed by atoms with E-state index in [9.17, 15) is 13.0 Å². The molecule has 5 heteroatoms. The summed E-state index contributed by atoms with van der Waals surface area (Å²) in [5, 5.41) is 0. The minimum absolute atomic E-state index is 0.533. The molecule has 0 unspecified atom stereocenters. The molecule has 0 aliphatic rings. The second-order valence-electron chi connectivity index (χ2n) is 9.70. The molecule has 0 aromatic heterocycles. The first-order valence-corrected chi connectivity index (χ1v) is 14.4. The number of rotatable bonds is 19. The van der Waals surface area contributed by atoms with Crippen molar-refractivity contribution in [2.75, 3.05) is 0 Å². The standard InChI is InChI=1S/C27H48O4S/c1-5-7-9-11-13-15-17-19-24-21-25(20-18-16-14-12-10-8-6-2)23-26(22-24)31-27(3,4)32(28,29)30/h21-23H,5-20H2,1-4H3,(H,28,29,30). The van der Waals surface area contributed by atoms with Crippen LogP contribution in [0.2, 0.25) is 0 Å². The van der Waals surface area contributed by atoms with Crippen molar-refractivity contribution in [1.82, 2.24) is 0 Å². The average Bonchev–Trinajstić information content (AvgIpc) is 2.71. The van der Waals surface area contributed by atoms with Gasteiger partial charge in [-0.2, -0.15) is 8.42 Å². The molecule has 0 amide bonds. The third-order valence-electron chi connectivity index (χ3n) is 6.15. The summed E-state index contributed by atoms with van der Waals surface area (Å²) in [6.45, 7) is 7.26.